The molecule has 0 radical (unpaired) electrons. The van der Waals surface area contributed by atoms with Gasteiger partial charge in [-0.3, -0.25) is 10.1 Å². The first-order valence-corrected chi connectivity index (χ1v) is 3.84. The smallest absolute Gasteiger partial charge is 0.258 e. The summed E-state index contributed by atoms with van der Waals surface area (Å²) >= 11 is 0. The molecule has 1 aliphatic rings. The number of hydrogen-bond acceptors (Lipinski definition) is 3. The third-order valence-corrected chi connectivity index (χ3v) is 2.08. The number of fused-ring (bicyclic) bond motifs is 1. The molecule has 68 valence electrons. The van der Waals surface area contributed by atoms with Crippen molar-refractivity contribution in [3.63, 3.8) is 0 Å². The van der Waals surface area contributed by atoms with E-state index in [0.717, 1.165) is 5.56 Å². The van der Waals surface area contributed by atoms with Gasteiger partial charge in [0.25, 0.3) is 5.69 Å². The Morgan fingerprint density at radius 2 is 2.08 bits per heavy atom. The number of non-ortho nitro benzene ring substituents is 1. The number of benzene rings is 1. The molecular weight excluding hydrogens is 175 g/mol. The number of rotatable bonds is 1. The number of hydrogen-bond donors (Lipinski definition) is 0. The van der Waals surface area contributed by atoms with Gasteiger partial charge in [0.15, 0.2) is 0 Å². The van der Waals surface area contributed by atoms with Crippen LogP contribution in [0.15, 0.2) is 18.2 Å². The van der Waals surface area contributed by atoms with E-state index >= 15 is 0 Å². The Labute approximate surface area is 73.7 Å². The monoisotopic (exact) mass is 182 g/mol. The second-order valence-corrected chi connectivity index (χ2v) is 2.99. The van der Waals surface area contributed by atoms with Crippen LogP contribution in [0.4, 0.5) is 10.2 Å². The minimum absolute atomic E-state index is 0.0223. The van der Waals surface area contributed by atoms with Crippen molar-refractivity contribution in [1.29, 1.82) is 0 Å². The summed E-state index contributed by atoms with van der Waals surface area (Å²) in [6.45, 7) is 0.379. The molecule has 1 aromatic carbocycles. The molecule has 2 rings (SSSR count). The molecule has 0 amide bonds. The number of nitrogens with zero attached hydrogens (tertiary/aromatic N) is 2. The van der Waals surface area contributed by atoms with Crippen molar-refractivity contribution in [2.24, 2.45) is 0 Å². The highest BCUT2D eigenvalue weighted by Gasteiger charge is 2.20. The van der Waals surface area contributed by atoms with Crippen LogP contribution in [0.25, 0.3) is 0 Å². The van der Waals surface area contributed by atoms with Crippen LogP contribution in [-0.4, -0.2) is 10.0 Å². The maximum Gasteiger partial charge on any atom is 0.269 e. The van der Waals surface area contributed by atoms with Crippen LogP contribution in [0.3, 0.4) is 0 Å². The zero-order chi connectivity index (χ0) is 9.42. The zero-order valence-electron chi connectivity index (χ0n) is 6.74. The second-order valence-electron chi connectivity index (χ2n) is 2.99. The molecule has 0 saturated carbocycles. The molecule has 0 unspecified atom stereocenters. The lowest BCUT2D eigenvalue weighted by molar-refractivity contribution is -0.384. The topological polar surface area (TPSA) is 46.4 Å². The molecule has 13 heavy (non-hydrogen) atoms. The molecule has 5 heteroatoms. The van der Waals surface area contributed by atoms with Crippen molar-refractivity contribution in [3.8, 4) is 0 Å². The van der Waals surface area contributed by atoms with E-state index in [0.29, 0.717) is 10.7 Å². The lowest BCUT2D eigenvalue weighted by Crippen LogP contribution is -2.00. The first-order chi connectivity index (χ1) is 6.16. The molecule has 0 atom stereocenters. The summed E-state index contributed by atoms with van der Waals surface area (Å²) < 4.78 is 12.7. The predicted octanol–water partition coefficient (Wildman–Crippen LogP) is 1.79. The highest BCUT2D eigenvalue weighted by atomic mass is 19.2. The standard InChI is InChI=1S/C8H7FN2O2/c9-10-4-6-1-2-8(11(12)13)3-7(6)5-10/h1-3H,4-5H2. The lowest BCUT2D eigenvalue weighted by Gasteiger charge is -1.95. The fraction of sp³-hybridized carbons (Fsp3) is 0.250. The number of halogens is 1. The van der Waals surface area contributed by atoms with Crippen LogP contribution in [0.5, 0.6) is 0 Å². The second kappa shape index (κ2) is 2.77. The van der Waals surface area contributed by atoms with Gasteiger partial charge in [-0.1, -0.05) is 6.07 Å². The molecule has 0 spiro atoms. The van der Waals surface area contributed by atoms with Crippen molar-refractivity contribution in [2.75, 3.05) is 0 Å². The predicted molar refractivity (Wildman–Crippen MR) is 43.5 cm³/mol. The number of nitro groups is 1. The summed E-state index contributed by atoms with van der Waals surface area (Å²) in [6, 6.07) is 4.43. The van der Waals surface area contributed by atoms with E-state index in [1.807, 2.05) is 0 Å². The van der Waals surface area contributed by atoms with E-state index in [-0.39, 0.29) is 18.8 Å². The summed E-state index contributed by atoms with van der Waals surface area (Å²) in [5.74, 6) is 0. The van der Waals surface area contributed by atoms with Gasteiger partial charge in [0, 0.05) is 12.1 Å². The normalized spacial score (nSPS) is 15.8. The summed E-state index contributed by atoms with van der Waals surface area (Å²) in [4.78, 5) is 9.91. The van der Waals surface area contributed by atoms with E-state index < -0.39 is 4.92 Å². The molecule has 1 heterocycles. The van der Waals surface area contributed by atoms with Gasteiger partial charge in [-0.15, -0.1) is 9.60 Å². The Bertz CT molecular complexity index is 367. The van der Waals surface area contributed by atoms with Crippen molar-refractivity contribution < 1.29 is 9.40 Å². The SMILES string of the molecule is O=[N+]([O-])c1ccc2c(c1)CN(F)C2. The van der Waals surface area contributed by atoms with Crippen LogP contribution >= 0.6 is 0 Å². The van der Waals surface area contributed by atoms with Gasteiger partial charge >= 0.3 is 0 Å². The highest BCUT2D eigenvalue weighted by Crippen LogP contribution is 2.26. The Hall–Kier alpha value is -1.49. The molecule has 4 nitrogen and oxygen atoms in total. The molecule has 0 bridgehead atoms. The average molecular weight is 182 g/mol. The maximum absolute atomic E-state index is 12.7. The zero-order valence-corrected chi connectivity index (χ0v) is 6.74. The molecule has 1 aliphatic heterocycles. The summed E-state index contributed by atoms with van der Waals surface area (Å²) in [7, 11) is 0. The van der Waals surface area contributed by atoms with E-state index in [4.69, 9.17) is 0 Å². The average Bonchev–Trinajstić information content (AvgIpc) is 2.42. The third-order valence-electron chi connectivity index (χ3n) is 2.08. The van der Waals surface area contributed by atoms with Crippen molar-refractivity contribution >= 4 is 5.69 Å². The first kappa shape index (κ1) is 8.12. The Morgan fingerprint density at radius 3 is 2.77 bits per heavy atom. The van der Waals surface area contributed by atoms with Crippen LogP contribution in [0.2, 0.25) is 0 Å². The van der Waals surface area contributed by atoms with E-state index in [9.17, 15) is 14.6 Å². The molecular formula is C8H7FN2O2. The van der Waals surface area contributed by atoms with Gasteiger partial charge in [0.2, 0.25) is 0 Å². The van der Waals surface area contributed by atoms with Gasteiger partial charge in [-0.25, -0.2) is 0 Å². The fourth-order valence-electron chi connectivity index (χ4n) is 1.45. The third kappa shape index (κ3) is 1.38. The van der Waals surface area contributed by atoms with Gasteiger partial charge in [0.05, 0.1) is 18.0 Å². The van der Waals surface area contributed by atoms with E-state index in [1.165, 1.54) is 12.1 Å². The van der Waals surface area contributed by atoms with Gasteiger partial charge < -0.3 is 0 Å². The van der Waals surface area contributed by atoms with Crippen LogP contribution in [-0.2, 0) is 13.1 Å². The van der Waals surface area contributed by atoms with Crippen LogP contribution in [0.1, 0.15) is 11.1 Å². The Balaban J connectivity index is 2.40. The highest BCUT2D eigenvalue weighted by molar-refractivity contribution is 5.41. The Kier molecular flexibility index (Phi) is 1.73. The molecule has 0 fully saturated rings. The Morgan fingerprint density at radius 1 is 1.38 bits per heavy atom. The lowest BCUT2D eigenvalue weighted by atomic mass is 10.1. The van der Waals surface area contributed by atoms with Crippen molar-refractivity contribution in [3.05, 3.63) is 39.4 Å². The first-order valence-electron chi connectivity index (χ1n) is 3.84. The van der Waals surface area contributed by atoms with Crippen molar-refractivity contribution in [1.82, 2.24) is 5.12 Å². The minimum atomic E-state index is -0.471. The van der Waals surface area contributed by atoms with Gasteiger partial charge in [-0.05, 0) is 11.1 Å². The van der Waals surface area contributed by atoms with Crippen LogP contribution < -0.4 is 0 Å². The molecule has 1 aromatic rings. The molecule has 0 saturated heterocycles. The van der Waals surface area contributed by atoms with Gasteiger partial charge in [-0.2, -0.15) is 0 Å². The number of nitro benzene ring substituents is 1. The van der Waals surface area contributed by atoms with Crippen molar-refractivity contribution in [2.45, 2.75) is 13.1 Å². The summed E-state index contributed by atoms with van der Waals surface area (Å²) in [6.07, 6.45) is 0. The summed E-state index contributed by atoms with van der Waals surface area (Å²) in [5, 5.41) is 11.0. The largest absolute Gasteiger partial charge is 0.269 e. The molecule has 0 aliphatic carbocycles. The van der Waals surface area contributed by atoms with Gasteiger partial charge in [0.1, 0.15) is 0 Å². The molecule has 0 aromatic heterocycles. The molecule has 0 N–H and O–H groups in total. The van der Waals surface area contributed by atoms with E-state index in [2.05, 4.69) is 0 Å². The van der Waals surface area contributed by atoms with Crippen LogP contribution in [0, 0.1) is 10.1 Å². The fourth-order valence-corrected chi connectivity index (χ4v) is 1.45. The summed E-state index contributed by atoms with van der Waals surface area (Å²) in [5.41, 5.74) is 1.55. The quantitative estimate of drug-likeness (QED) is 0.378. The maximum atomic E-state index is 12.7. The van der Waals surface area contributed by atoms with E-state index in [1.54, 1.807) is 6.07 Å². The minimum Gasteiger partial charge on any atom is -0.258 e.